The third-order valence-corrected chi connectivity index (χ3v) is 13.3. The van der Waals surface area contributed by atoms with Crippen LogP contribution in [-0.2, 0) is 14.3 Å². The SMILES string of the molecule is CCOC(=O)[C@@]1(C)CC[C@]2(C)CC[C@]3(C)C(=CC(=O)C4[C@@]5(C)CC[C@H](O)C(C)(C)C5CC[C@]43C)C2C1. The number of fused-ring (bicyclic) bond motifs is 7. The molecule has 5 rings (SSSR count). The van der Waals surface area contributed by atoms with E-state index in [9.17, 15) is 14.7 Å². The number of allylic oxidation sites excluding steroid dienone is 2. The van der Waals surface area contributed by atoms with Crippen LogP contribution < -0.4 is 0 Å². The van der Waals surface area contributed by atoms with E-state index in [2.05, 4.69) is 54.5 Å². The van der Waals surface area contributed by atoms with E-state index in [1.807, 2.05) is 6.92 Å². The lowest BCUT2D eigenvalue weighted by Crippen LogP contribution is -2.66. The predicted molar refractivity (Wildman–Crippen MR) is 142 cm³/mol. The van der Waals surface area contributed by atoms with Gasteiger partial charge in [-0.2, -0.15) is 0 Å². The molecule has 4 fully saturated rings. The van der Waals surface area contributed by atoms with Gasteiger partial charge in [-0.15, -0.1) is 0 Å². The molecule has 5 aliphatic carbocycles. The fraction of sp³-hybridized carbons (Fsp3) is 0.875. The quantitative estimate of drug-likeness (QED) is 0.421. The highest BCUT2D eigenvalue weighted by atomic mass is 16.5. The number of rotatable bonds is 2. The lowest BCUT2D eigenvalue weighted by atomic mass is 9.33. The lowest BCUT2D eigenvalue weighted by molar-refractivity contribution is -0.202. The van der Waals surface area contributed by atoms with Crippen molar-refractivity contribution < 1.29 is 19.4 Å². The summed E-state index contributed by atoms with van der Waals surface area (Å²) in [5, 5.41) is 10.9. The molecule has 0 aromatic heterocycles. The first-order valence-corrected chi connectivity index (χ1v) is 14.7. The highest BCUT2D eigenvalue weighted by molar-refractivity contribution is 5.95. The zero-order valence-corrected chi connectivity index (χ0v) is 24.1. The summed E-state index contributed by atoms with van der Waals surface area (Å²) in [5.74, 6) is 0.842. The van der Waals surface area contributed by atoms with Crippen molar-refractivity contribution in [2.24, 2.45) is 50.2 Å². The van der Waals surface area contributed by atoms with E-state index >= 15 is 0 Å². The summed E-state index contributed by atoms with van der Waals surface area (Å²) in [6.07, 6.45) is 10.6. The minimum absolute atomic E-state index is 0.00587. The Kier molecular flexibility index (Phi) is 5.83. The molecule has 202 valence electrons. The van der Waals surface area contributed by atoms with Crippen LogP contribution in [0.25, 0.3) is 0 Å². The highest BCUT2D eigenvalue weighted by Gasteiger charge is 2.70. The van der Waals surface area contributed by atoms with Gasteiger partial charge in [0.25, 0.3) is 0 Å². The van der Waals surface area contributed by atoms with Gasteiger partial charge in [-0.3, -0.25) is 9.59 Å². The van der Waals surface area contributed by atoms with Crippen molar-refractivity contribution in [3.8, 4) is 0 Å². The first kappa shape index (κ1) is 26.4. The summed E-state index contributed by atoms with van der Waals surface area (Å²) >= 11 is 0. The molecule has 0 radical (unpaired) electrons. The number of hydrogen-bond donors (Lipinski definition) is 1. The molecule has 4 heteroatoms. The Morgan fingerprint density at radius 2 is 1.64 bits per heavy atom. The number of hydrogen-bond acceptors (Lipinski definition) is 4. The van der Waals surface area contributed by atoms with Crippen molar-refractivity contribution >= 4 is 11.8 Å². The second-order valence-corrected chi connectivity index (χ2v) is 15.3. The Morgan fingerprint density at radius 3 is 2.31 bits per heavy atom. The molecule has 4 nitrogen and oxygen atoms in total. The largest absolute Gasteiger partial charge is 0.466 e. The first-order valence-electron chi connectivity index (χ1n) is 14.7. The number of ether oxygens (including phenoxy) is 1. The maximum absolute atomic E-state index is 14.3. The van der Waals surface area contributed by atoms with Gasteiger partial charge in [0.05, 0.1) is 18.1 Å². The van der Waals surface area contributed by atoms with Gasteiger partial charge >= 0.3 is 5.97 Å². The van der Waals surface area contributed by atoms with Gasteiger partial charge in [0.2, 0.25) is 0 Å². The van der Waals surface area contributed by atoms with Crippen molar-refractivity contribution in [2.45, 2.75) is 119 Å². The van der Waals surface area contributed by atoms with Gasteiger partial charge < -0.3 is 9.84 Å². The fourth-order valence-electron chi connectivity index (χ4n) is 10.7. The van der Waals surface area contributed by atoms with E-state index in [1.165, 1.54) is 5.57 Å². The summed E-state index contributed by atoms with van der Waals surface area (Å²) in [6.45, 7) is 18.5. The minimum Gasteiger partial charge on any atom is -0.466 e. The van der Waals surface area contributed by atoms with Gasteiger partial charge in [0.15, 0.2) is 5.78 Å². The number of carbonyl (C=O) groups excluding carboxylic acids is 2. The van der Waals surface area contributed by atoms with E-state index < -0.39 is 5.41 Å². The molecule has 0 aliphatic heterocycles. The monoisotopic (exact) mass is 498 g/mol. The molecular weight excluding hydrogens is 448 g/mol. The van der Waals surface area contributed by atoms with Crippen LogP contribution in [0.4, 0.5) is 0 Å². The van der Waals surface area contributed by atoms with Crippen molar-refractivity contribution in [2.75, 3.05) is 6.61 Å². The summed E-state index contributed by atoms with van der Waals surface area (Å²) in [6, 6.07) is 0. The number of carbonyl (C=O) groups is 2. The first-order chi connectivity index (χ1) is 16.6. The predicted octanol–water partition coefficient (Wildman–Crippen LogP) is 6.89. The van der Waals surface area contributed by atoms with Crippen LogP contribution in [0, 0.1) is 50.2 Å². The van der Waals surface area contributed by atoms with Gasteiger partial charge in [-0.25, -0.2) is 0 Å². The van der Waals surface area contributed by atoms with Gasteiger partial charge in [-0.1, -0.05) is 47.1 Å². The molecule has 36 heavy (non-hydrogen) atoms. The molecule has 4 saturated carbocycles. The van der Waals surface area contributed by atoms with Crippen LogP contribution >= 0.6 is 0 Å². The second-order valence-electron chi connectivity index (χ2n) is 15.3. The molecule has 0 bridgehead atoms. The molecule has 9 atom stereocenters. The molecule has 0 aromatic carbocycles. The molecule has 5 aliphatic rings. The molecule has 0 amide bonds. The molecular formula is C32H50O4. The van der Waals surface area contributed by atoms with E-state index in [4.69, 9.17) is 4.74 Å². The van der Waals surface area contributed by atoms with Gasteiger partial charge in [0.1, 0.15) is 0 Å². The number of aliphatic hydroxyl groups is 1. The molecule has 3 unspecified atom stereocenters. The topological polar surface area (TPSA) is 63.6 Å². The van der Waals surface area contributed by atoms with Crippen molar-refractivity contribution in [1.29, 1.82) is 0 Å². The Hall–Kier alpha value is -1.16. The van der Waals surface area contributed by atoms with E-state index in [0.29, 0.717) is 18.3 Å². The second kappa shape index (κ2) is 7.93. The molecule has 0 aromatic rings. The summed E-state index contributed by atoms with van der Waals surface area (Å²) < 4.78 is 5.54. The number of aliphatic hydroxyl groups excluding tert-OH is 1. The maximum atomic E-state index is 14.3. The minimum atomic E-state index is -0.479. The van der Waals surface area contributed by atoms with E-state index in [1.54, 1.807) is 0 Å². The van der Waals surface area contributed by atoms with Crippen LogP contribution in [0.15, 0.2) is 11.6 Å². The third kappa shape index (κ3) is 3.21. The van der Waals surface area contributed by atoms with Gasteiger partial charge in [-0.05, 0) is 117 Å². The Balaban J connectivity index is 1.59. The standard InChI is InChI=1S/C32H50O4/c1-9-36-26(35)29(5)15-14-28(4)16-17-31(7)20(21(28)19-29)18-22(33)25-30(6)12-11-24(34)27(2,3)23(30)10-13-32(25,31)8/h18,21,23-25,34H,9-17,19H2,1-8H3/t21?,23?,24-,25?,28+,29-,30-,31+,32+/m0/s1. The van der Waals surface area contributed by atoms with Crippen LogP contribution in [-0.4, -0.2) is 29.6 Å². The average Bonchev–Trinajstić information content (AvgIpc) is 2.79. The number of esters is 1. The van der Waals surface area contributed by atoms with E-state index in [-0.39, 0.29) is 51.0 Å². The summed E-state index contributed by atoms with van der Waals surface area (Å²) in [7, 11) is 0. The zero-order valence-electron chi connectivity index (χ0n) is 24.1. The highest BCUT2D eigenvalue weighted by Crippen LogP contribution is 2.75. The Bertz CT molecular complexity index is 996. The molecule has 0 saturated heterocycles. The summed E-state index contributed by atoms with van der Waals surface area (Å²) in [4.78, 5) is 27.4. The molecule has 0 spiro atoms. The third-order valence-electron chi connectivity index (χ3n) is 13.3. The maximum Gasteiger partial charge on any atom is 0.311 e. The lowest BCUT2D eigenvalue weighted by Gasteiger charge is -2.70. The average molecular weight is 499 g/mol. The number of ketones is 1. The van der Waals surface area contributed by atoms with Crippen LogP contribution in [0.2, 0.25) is 0 Å². The zero-order chi connectivity index (χ0) is 26.5. The fourth-order valence-corrected chi connectivity index (χ4v) is 10.7. The van der Waals surface area contributed by atoms with Crippen molar-refractivity contribution in [1.82, 2.24) is 0 Å². The van der Waals surface area contributed by atoms with Crippen LogP contribution in [0.5, 0.6) is 0 Å². The Morgan fingerprint density at radius 1 is 0.972 bits per heavy atom. The Labute approximate surface area is 219 Å². The molecule has 0 heterocycles. The van der Waals surface area contributed by atoms with Gasteiger partial charge in [0, 0.05) is 5.92 Å². The van der Waals surface area contributed by atoms with Crippen LogP contribution in [0.1, 0.15) is 113 Å². The van der Waals surface area contributed by atoms with Crippen LogP contribution in [0.3, 0.4) is 0 Å². The smallest absolute Gasteiger partial charge is 0.311 e. The summed E-state index contributed by atoms with van der Waals surface area (Å²) in [5.41, 5.74) is 0.590. The molecule has 1 N–H and O–H groups in total. The van der Waals surface area contributed by atoms with E-state index in [0.717, 1.165) is 57.8 Å². The van der Waals surface area contributed by atoms with Crippen molar-refractivity contribution in [3.05, 3.63) is 11.6 Å². The normalized spacial score (nSPS) is 51.7. The van der Waals surface area contributed by atoms with Crippen molar-refractivity contribution in [3.63, 3.8) is 0 Å².